The summed E-state index contributed by atoms with van der Waals surface area (Å²) in [7, 11) is 1.12. The van der Waals surface area contributed by atoms with Gasteiger partial charge in [-0.1, -0.05) is 0 Å². The summed E-state index contributed by atoms with van der Waals surface area (Å²) < 4.78 is 48.5. The van der Waals surface area contributed by atoms with Crippen LogP contribution in [0.4, 0.5) is 17.6 Å². The Morgan fingerprint density at radius 1 is 1.50 bits per heavy atom. The van der Waals surface area contributed by atoms with Crippen molar-refractivity contribution in [1.29, 1.82) is 5.41 Å². The molecular weight excluding hydrogens is 178 g/mol. The van der Waals surface area contributed by atoms with Crippen LogP contribution in [0.5, 0.6) is 0 Å². The van der Waals surface area contributed by atoms with Crippen molar-refractivity contribution >= 4 is 5.71 Å². The van der Waals surface area contributed by atoms with Gasteiger partial charge in [-0.05, 0) is 0 Å². The molecule has 1 aliphatic rings. The van der Waals surface area contributed by atoms with Crippen molar-refractivity contribution in [1.82, 2.24) is 10.4 Å². The Bertz CT molecular complexity index is 201. The van der Waals surface area contributed by atoms with Crippen molar-refractivity contribution < 1.29 is 17.6 Å². The maximum Gasteiger partial charge on any atom is 0.410 e. The highest BCUT2D eigenvalue weighted by atomic mass is 19.4. The zero-order valence-corrected chi connectivity index (χ0v) is 6.11. The fraction of sp³-hybridized carbons (Fsp3) is 0.800. The van der Waals surface area contributed by atoms with Gasteiger partial charge in [0, 0.05) is 7.05 Å². The number of halogens is 4. The minimum atomic E-state index is -4.60. The van der Waals surface area contributed by atoms with Crippen LogP contribution in [-0.4, -0.2) is 36.3 Å². The second-order valence-corrected chi connectivity index (χ2v) is 2.51. The van der Waals surface area contributed by atoms with Crippen molar-refractivity contribution in [3.8, 4) is 0 Å². The molecule has 12 heavy (non-hydrogen) atoms. The first-order valence-electron chi connectivity index (χ1n) is 3.12. The van der Waals surface area contributed by atoms with E-state index in [0.717, 1.165) is 7.05 Å². The number of hydrogen-bond donors (Lipinski definition) is 2. The SMILES string of the molecule is CN1NC(C(F)(F)F)C(=N)C1F. The molecule has 1 saturated heterocycles. The van der Waals surface area contributed by atoms with E-state index in [2.05, 4.69) is 0 Å². The molecule has 0 amide bonds. The highest BCUT2D eigenvalue weighted by molar-refractivity contribution is 5.92. The Hall–Kier alpha value is -0.690. The van der Waals surface area contributed by atoms with Crippen LogP contribution in [0.3, 0.4) is 0 Å². The van der Waals surface area contributed by atoms with E-state index < -0.39 is 24.2 Å². The first-order chi connectivity index (χ1) is 5.34. The molecule has 0 aromatic carbocycles. The third kappa shape index (κ3) is 1.42. The molecular formula is C5H7F4N3. The molecule has 0 bridgehead atoms. The van der Waals surface area contributed by atoms with Crippen molar-refractivity contribution in [2.75, 3.05) is 7.05 Å². The molecule has 1 heterocycles. The molecule has 0 aromatic rings. The van der Waals surface area contributed by atoms with Gasteiger partial charge in [0.05, 0.1) is 5.71 Å². The molecule has 1 fully saturated rings. The first kappa shape index (κ1) is 9.40. The lowest BCUT2D eigenvalue weighted by Gasteiger charge is -2.14. The topological polar surface area (TPSA) is 39.1 Å². The van der Waals surface area contributed by atoms with Crippen molar-refractivity contribution in [2.24, 2.45) is 0 Å². The van der Waals surface area contributed by atoms with Crippen LogP contribution in [0.2, 0.25) is 0 Å². The second kappa shape index (κ2) is 2.67. The van der Waals surface area contributed by atoms with Crippen LogP contribution >= 0.6 is 0 Å². The standard InChI is InChI=1S/C5H7F4N3/c1-12-4(6)2(10)3(11-12)5(7,8)9/h3-4,10-11H,1H3. The van der Waals surface area contributed by atoms with E-state index >= 15 is 0 Å². The van der Waals surface area contributed by atoms with E-state index in [1.807, 2.05) is 0 Å². The highest BCUT2D eigenvalue weighted by Crippen LogP contribution is 2.26. The summed E-state index contributed by atoms with van der Waals surface area (Å²) >= 11 is 0. The summed E-state index contributed by atoms with van der Waals surface area (Å²) in [6.45, 7) is 0. The van der Waals surface area contributed by atoms with Crippen LogP contribution in [0.25, 0.3) is 0 Å². The summed E-state index contributed by atoms with van der Waals surface area (Å²) in [6.07, 6.45) is -6.59. The molecule has 0 radical (unpaired) electrons. The molecule has 0 aromatic heterocycles. The molecule has 2 unspecified atom stereocenters. The van der Waals surface area contributed by atoms with Gasteiger partial charge in [0.1, 0.15) is 0 Å². The third-order valence-electron chi connectivity index (χ3n) is 1.57. The van der Waals surface area contributed by atoms with Crippen molar-refractivity contribution in [3.63, 3.8) is 0 Å². The van der Waals surface area contributed by atoms with Crippen LogP contribution in [0, 0.1) is 5.41 Å². The number of alkyl halides is 4. The van der Waals surface area contributed by atoms with Gasteiger partial charge in [0.2, 0.25) is 6.30 Å². The molecule has 1 aliphatic heterocycles. The van der Waals surface area contributed by atoms with Gasteiger partial charge in [0.15, 0.2) is 6.04 Å². The summed E-state index contributed by atoms with van der Waals surface area (Å²) in [6, 6.07) is -2.18. The Morgan fingerprint density at radius 3 is 2.17 bits per heavy atom. The number of hydrazine groups is 1. The molecule has 0 saturated carbocycles. The quantitative estimate of drug-likeness (QED) is 0.430. The average molecular weight is 185 g/mol. The molecule has 1 rings (SSSR count). The average Bonchev–Trinajstić information content (AvgIpc) is 2.15. The summed E-state index contributed by atoms with van der Waals surface area (Å²) in [5.41, 5.74) is 0.807. The van der Waals surface area contributed by atoms with Crippen molar-refractivity contribution in [3.05, 3.63) is 0 Å². The van der Waals surface area contributed by atoms with Gasteiger partial charge in [-0.3, -0.25) is 0 Å². The van der Waals surface area contributed by atoms with Gasteiger partial charge in [0.25, 0.3) is 0 Å². The number of hydrogen-bond acceptors (Lipinski definition) is 3. The predicted octanol–water partition coefficient (Wildman–Crippen LogP) is 0.683. The van der Waals surface area contributed by atoms with Crippen molar-refractivity contribution in [2.45, 2.75) is 18.5 Å². The lowest BCUT2D eigenvalue weighted by atomic mass is 10.2. The number of nitrogens with zero attached hydrogens (tertiary/aromatic N) is 1. The van der Waals surface area contributed by atoms with E-state index in [-0.39, 0.29) is 0 Å². The maximum atomic E-state index is 12.6. The molecule has 7 heteroatoms. The van der Waals surface area contributed by atoms with E-state index in [9.17, 15) is 17.6 Å². The molecule has 2 N–H and O–H groups in total. The Kier molecular flexibility index (Phi) is 2.09. The van der Waals surface area contributed by atoms with Gasteiger partial charge < -0.3 is 5.41 Å². The Labute approximate surface area is 65.8 Å². The molecule has 0 aliphatic carbocycles. The summed E-state index contributed by atoms with van der Waals surface area (Å²) in [4.78, 5) is 0. The van der Waals surface area contributed by atoms with Gasteiger partial charge in [-0.2, -0.15) is 13.2 Å². The second-order valence-electron chi connectivity index (χ2n) is 2.51. The summed E-state index contributed by atoms with van der Waals surface area (Å²) in [5.74, 6) is 0. The number of rotatable bonds is 0. The normalized spacial score (nSPS) is 32.9. The lowest BCUT2D eigenvalue weighted by Crippen LogP contribution is -2.44. The molecule has 70 valence electrons. The molecule has 2 atom stereocenters. The van der Waals surface area contributed by atoms with E-state index in [4.69, 9.17) is 5.41 Å². The van der Waals surface area contributed by atoms with E-state index in [1.54, 1.807) is 5.43 Å². The minimum Gasteiger partial charge on any atom is -0.303 e. The summed E-state index contributed by atoms with van der Waals surface area (Å²) in [5, 5.41) is 7.42. The van der Waals surface area contributed by atoms with Crippen LogP contribution < -0.4 is 5.43 Å². The number of nitrogens with one attached hydrogen (secondary N) is 2. The minimum absolute atomic E-state index is 0.625. The predicted molar refractivity (Wildman–Crippen MR) is 33.4 cm³/mol. The highest BCUT2D eigenvalue weighted by Gasteiger charge is 2.50. The van der Waals surface area contributed by atoms with Gasteiger partial charge >= 0.3 is 6.18 Å². The molecule has 3 nitrogen and oxygen atoms in total. The fourth-order valence-electron chi connectivity index (χ4n) is 0.934. The molecule has 0 spiro atoms. The van der Waals surface area contributed by atoms with Crippen LogP contribution in [-0.2, 0) is 0 Å². The fourth-order valence-corrected chi connectivity index (χ4v) is 0.934. The van der Waals surface area contributed by atoms with Crippen LogP contribution in [0.15, 0.2) is 0 Å². The first-order valence-corrected chi connectivity index (χ1v) is 3.12. The zero-order chi connectivity index (χ0) is 9.52. The van der Waals surface area contributed by atoms with Gasteiger partial charge in [-0.25, -0.2) is 14.8 Å². The zero-order valence-electron chi connectivity index (χ0n) is 6.11. The maximum absolute atomic E-state index is 12.6. The lowest BCUT2D eigenvalue weighted by molar-refractivity contribution is -0.144. The Morgan fingerprint density at radius 2 is 2.00 bits per heavy atom. The Balaban J connectivity index is 2.78. The van der Waals surface area contributed by atoms with Gasteiger partial charge in [-0.15, -0.1) is 0 Å². The van der Waals surface area contributed by atoms with E-state index in [0.29, 0.717) is 5.01 Å². The smallest absolute Gasteiger partial charge is 0.303 e. The van der Waals surface area contributed by atoms with Crippen LogP contribution in [0.1, 0.15) is 0 Å². The largest absolute Gasteiger partial charge is 0.410 e. The third-order valence-corrected chi connectivity index (χ3v) is 1.57. The monoisotopic (exact) mass is 185 g/mol. The van der Waals surface area contributed by atoms with E-state index in [1.165, 1.54) is 0 Å².